The van der Waals surface area contributed by atoms with E-state index in [2.05, 4.69) is 11.9 Å². The van der Waals surface area contributed by atoms with Gasteiger partial charge < -0.3 is 14.8 Å². The van der Waals surface area contributed by atoms with Gasteiger partial charge in [-0.3, -0.25) is 4.79 Å². The van der Waals surface area contributed by atoms with Crippen LogP contribution >= 0.6 is 11.6 Å². The van der Waals surface area contributed by atoms with Crippen molar-refractivity contribution in [2.24, 2.45) is 0 Å². The lowest BCUT2D eigenvalue weighted by Gasteiger charge is -2.16. The van der Waals surface area contributed by atoms with Gasteiger partial charge in [0.1, 0.15) is 6.61 Å². The molecule has 0 saturated heterocycles. The fourth-order valence-electron chi connectivity index (χ4n) is 2.26. The molecule has 0 aliphatic carbocycles. The Kier molecular flexibility index (Phi) is 6.27. The van der Waals surface area contributed by atoms with E-state index in [-0.39, 0.29) is 11.9 Å². The van der Waals surface area contributed by atoms with Crippen LogP contribution in [0.2, 0.25) is 5.02 Å². The summed E-state index contributed by atoms with van der Waals surface area (Å²) in [7, 11) is 1.53. The van der Waals surface area contributed by atoms with Crippen LogP contribution in [0.25, 0.3) is 0 Å². The standard InChI is InChI=1S/C19H20ClNO3/c1-4-11-24-17-10-9-14(12-18(17)23-3)19(22)21-13(2)15-7-5-6-8-16(15)20/h4-10,12-13H,1,11H2,2-3H3,(H,21,22). The quantitative estimate of drug-likeness (QED) is 0.756. The molecule has 0 heterocycles. The maximum absolute atomic E-state index is 12.5. The van der Waals surface area contributed by atoms with E-state index in [1.54, 1.807) is 30.3 Å². The smallest absolute Gasteiger partial charge is 0.251 e. The Morgan fingerprint density at radius 2 is 2.04 bits per heavy atom. The number of benzene rings is 2. The Bertz CT molecular complexity index is 730. The van der Waals surface area contributed by atoms with E-state index in [1.165, 1.54) is 7.11 Å². The fraction of sp³-hybridized carbons (Fsp3) is 0.211. The van der Waals surface area contributed by atoms with Gasteiger partial charge in [0.2, 0.25) is 0 Å². The molecule has 0 spiro atoms. The third kappa shape index (κ3) is 4.30. The summed E-state index contributed by atoms with van der Waals surface area (Å²) >= 11 is 6.17. The summed E-state index contributed by atoms with van der Waals surface area (Å²) in [6, 6.07) is 12.3. The summed E-state index contributed by atoms with van der Waals surface area (Å²) in [4.78, 5) is 12.5. The molecule has 0 bridgehead atoms. The molecule has 2 aromatic rings. The minimum absolute atomic E-state index is 0.212. The summed E-state index contributed by atoms with van der Waals surface area (Å²) in [5, 5.41) is 3.55. The number of hydrogen-bond donors (Lipinski definition) is 1. The van der Waals surface area contributed by atoms with Crippen LogP contribution in [0.1, 0.15) is 28.9 Å². The maximum atomic E-state index is 12.5. The van der Waals surface area contributed by atoms with E-state index >= 15 is 0 Å². The number of ether oxygens (including phenoxy) is 2. The Hall–Kier alpha value is -2.46. The van der Waals surface area contributed by atoms with E-state index in [0.29, 0.717) is 28.7 Å². The molecule has 2 rings (SSSR count). The summed E-state index contributed by atoms with van der Waals surface area (Å²) in [5.41, 5.74) is 1.35. The van der Waals surface area contributed by atoms with Crippen LogP contribution in [-0.4, -0.2) is 19.6 Å². The predicted molar refractivity (Wildman–Crippen MR) is 96.0 cm³/mol. The van der Waals surface area contributed by atoms with Crippen molar-refractivity contribution in [2.45, 2.75) is 13.0 Å². The molecular formula is C19H20ClNO3. The molecule has 5 heteroatoms. The number of halogens is 1. The van der Waals surface area contributed by atoms with Gasteiger partial charge >= 0.3 is 0 Å². The van der Waals surface area contributed by atoms with Crippen LogP contribution in [0.4, 0.5) is 0 Å². The highest BCUT2D eigenvalue weighted by Gasteiger charge is 2.15. The van der Waals surface area contributed by atoms with Crippen molar-refractivity contribution in [1.29, 1.82) is 0 Å². The molecular weight excluding hydrogens is 326 g/mol. The third-order valence-corrected chi connectivity index (χ3v) is 3.85. The van der Waals surface area contributed by atoms with E-state index in [9.17, 15) is 4.79 Å². The molecule has 2 aromatic carbocycles. The van der Waals surface area contributed by atoms with Crippen molar-refractivity contribution in [1.82, 2.24) is 5.32 Å². The molecule has 0 aromatic heterocycles. The Balaban J connectivity index is 2.14. The Labute approximate surface area is 147 Å². The average molecular weight is 346 g/mol. The van der Waals surface area contributed by atoms with E-state index in [4.69, 9.17) is 21.1 Å². The first-order chi connectivity index (χ1) is 11.6. The molecule has 1 amide bonds. The molecule has 0 fully saturated rings. The van der Waals surface area contributed by atoms with Crippen molar-refractivity contribution < 1.29 is 14.3 Å². The predicted octanol–water partition coefficient (Wildman–Crippen LogP) is 4.40. The molecule has 0 saturated carbocycles. The zero-order chi connectivity index (χ0) is 17.5. The van der Waals surface area contributed by atoms with E-state index < -0.39 is 0 Å². The van der Waals surface area contributed by atoms with Gasteiger partial charge in [0.15, 0.2) is 11.5 Å². The first-order valence-corrected chi connectivity index (χ1v) is 7.91. The van der Waals surface area contributed by atoms with Crippen LogP contribution in [0.15, 0.2) is 55.1 Å². The van der Waals surface area contributed by atoms with Gasteiger partial charge in [-0.05, 0) is 36.8 Å². The van der Waals surface area contributed by atoms with Gasteiger partial charge in [-0.1, -0.05) is 42.5 Å². The van der Waals surface area contributed by atoms with Crippen LogP contribution < -0.4 is 14.8 Å². The summed E-state index contributed by atoms with van der Waals surface area (Å²) < 4.78 is 10.8. The Morgan fingerprint density at radius 3 is 2.71 bits per heavy atom. The normalized spacial score (nSPS) is 11.5. The SMILES string of the molecule is C=CCOc1ccc(C(=O)NC(C)c2ccccc2Cl)cc1OC. The Morgan fingerprint density at radius 1 is 1.29 bits per heavy atom. The number of carbonyl (C=O) groups excluding carboxylic acids is 1. The van der Waals surface area contributed by atoms with Crippen molar-refractivity contribution >= 4 is 17.5 Å². The number of amides is 1. The molecule has 0 aliphatic rings. The van der Waals surface area contributed by atoms with Gasteiger partial charge in [0.25, 0.3) is 5.91 Å². The minimum atomic E-state index is -0.214. The number of carbonyl (C=O) groups is 1. The number of methoxy groups -OCH3 is 1. The van der Waals surface area contributed by atoms with Gasteiger partial charge in [-0.15, -0.1) is 0 Å². The van der Waals surface area contributed by atoms with Crippen molar-refractivity contribution in [3.63, 3.8) is 0 Å². The van der Waals surface area contributed by atoms with Gasteiger partial charge in [0.05, 0.1) is 13.2 Å². The van der Waals surface area contributed by atoms with E-state index in [1.807, 2.05) is 25.1 Å². The number of hydrogen-bond acceptors (Lipinski definition) is 3. The number of rotatable bonds is 7. The zero-order valence-corrected chi connectivity index (χ0v) is 14.5. The lowest BCUT2D eigenvalue weighted by molar-refractivity contribution is 0.0939. The monoisotopic (exact) mass is 345 g/mol. The van der Waals surface area contributed by atoms with Crippen LogP contribution in [0, 0.1) is 0 Å². The van der Waals surface area contributed by atoms with Crippen LogP contribution in [0.3, 0.4) is 0 Å². The molecule has 1 unspecified atom stereocenters. The molecule has 0 aliphatic heterocycles. The lowest BCUT2D eigenvalue weighted by atomic mass is 10.1. The molecule has 126 valence electrons. The third-order valence-electron chi connectivity index (χ3n) is 3.50. The van der Waals surface area contributed by atoms with E-state index in [0.717, 1.165) is 5.56 Å². The zero-order valence-electron chi connectivity index (χ0n) is 13.7. The highest BCUT2D eigenvalue weighted by Crippen LogP contribution is 2.28. The minimum Gasteiger partial charge on any atom is -0.493 e. The van der Waals surface area contributed by atoms with Gasteiger partial charge in [0, 0.05) is 10.6 Å². The second-order valence-electron chi connectivity index (χ2n) is 5.18. The molecule has 24 heavy (non-hydrogen) atoms. The number of nitrogens with one attached hydrogen (secondary N) is 1. The first kappa shape index (κ1) is 17.9. The first-order valence-electron chi connectivity index (χ1n) is 7.53. The van der Waals surface area contributed by atoms with Crippen molar-refractivity contribution in [3.8, 4) is 11.5 Å². The van der Waals surface area contributed by atoms with Gasteiger partial charge in [-0.25, -0.2) is 0 Å². The lowest BCUT2D eigenvalue weighted by Crippen LogP contribution is -2.26. The maximum Gasteiger partial charge on any atom is 0.251 e. The van der Waals surface area contributed by atoms with Crippen molar-refractivity contribution in [3.05, 3.63) is 71.3 Å². The average Bonchev–Trinajstić information content (AvgIpc) is 2.59. The molecule has 0 radical (unpaired) electrons. The van der Waals surface area contributed by atoms with Crippen LogP contribution in [0.5, 0.6) is 11.5 Å². The summed E-state index contributed by atoms with van der Waals surface area (Å²) in [6.07, 6.45) is 1.64. The largest absolute Gasteiger partial charge is 0.493 e. The van der Waals surface area contributed by atoms with Gasteiger partial charge in [-0.2, -0.15) is 0 Å². The van der Waals surface area contributed by atoms with Crippen LogP contribution in [-0.2, 0) is 0 Å². The topological polar surface area (TPSA) is 47.6 Å². The summed E-state index contributed by atoms with van der Waals surface area (Å²) in [5.74, 6) is 0.846. The second-order valence-corrected chi connectivity index (χ2v) is 5.59. The summed E-state index contributed by atoms with van der Waals surface area (Å²) in [6.45, 7) is 5.86. The molecule has 1 N–H and O–H groups in total. The second kappa shape index (κ2) is 8.41. The molecule has 4 nitrogen and oxygen atoms in total. The fourth-order valence-corrected chi connectivity index (χ4v) is 2.56. The highest BCUT2D eigenvalue weighted by atomic mass is 35.5. The molecule has 1 atom stereocenters. The highest BCUT2D eigenvalue weighted by molar-refractivity contribution is 6.31. The van der Waals surface area contributed by atoms with Crippen molar-refractivity contribution in [2.75, 3.05) is 13.7 Å².